The van der Waals surface area contributed by atoms with Crippen LogP contribution in [0.5, 0.6) is 0 Å². The Morgan fingerprint density at radius 3 is 2.58 bits per heavy atom. The molecule has 45 heavy (non-hydrogen) atoms. The van der Waals surface area contributed by atoms with Crippen molar-refractivity contribution in [1.29, 1.82) is 10.5 Å². The molecule has 0 spiro atoms. The van der Waals surface area contributed by atoms with Gasteiger partial charge in [-0.1, -0.05) is 12.1 Å². The van der Waals surface area contributed by atoms with E-state index in [1.165, 1.54) is 11.9 Å². The van der Waals surface area contributed by atoms with Crippen molar-refractivity contribution in [3.8, 4) is 12.1 Å². The van der Waals surface area contributed by atoms with Gasteiger partial charge < -0.3 is 15.6 Å². The lowest BCUT2D eigenvalue weighted by molar-refractivity contribution is -0.126. The van der Waals surface area contributed by atoms with Crippen molar-refractivity contribution in [1.82, 2.24) is 19.4 Å². The van der Waals surface area contributed by atoms with Gasteiger partial charge >= 0.3 is 6.18 Å². The Kier molecular flexibility index (Phi) is 8.36. The summed E-state index contributed by atoms with van der Waals surface area (Å²) in [5.41, 5.74) is 11.7. The Hall–Kier alpha value is -4.65. The second kappa shape index (κ2) is 12.4. The van der Waals surface area contributed by atoms with Crippen molar-refractivity contribution < 1.29 is 13.2 Å². The van der Waals surface area contributed by atoms with E-state index in [4.69, 9.17) is 5.73 Å². The lowest BCUT2D eigenvalue weighted by atomic mass is 10.0. The standard InChI is InChI=1S/C33H31F3N8S/c1-20-22(3-5-30-27(20)13-25(17-38)44(30)11-6-21-2-4-29(39)23(12-21)16-37)18-43-9-7-24(8-10-43)42-31-28-14-26(15-33(34,35)36)45-32(28)41-19-40-31/h2-5,12-14,19,24H,6-11,15,18,39H2,1H3,(H,40,41,42). The molecule has 0 bridgehead atoms. The minimum atomic E-state index is -4.26. The summed E-state index contributed by atoms with van der Waals surface area (Å²) in [7, 11) is 0. The number of piperidine rings is 1. The Labute approximate surface area is 262 Å². The van der Waals surface area contributed by atoms with Crippen LogP contribution in [-0.2, 0) is 25.9 Å². The predicted molar refractivity (Wildman–Crippen MR) is 170 cm³/mol. The van der Waals surface area contributed by atoms with Gasteiger partial charge in [-0.3, -0.25) is 4.90 Å². The van der Waals surface area contributed by atoms with Gasteiger partial charge in [0.25, 0.3) is 0 Å². The zero-order valence-electron chi connectivity index (χ0n) is 24.7. The molecule has 2 aromatic carbocycles. The van der Waals surface area contributed by atoms with E-state index in [0.29, 0.717) is 45.9 Å². The SMILES string of the molecule is Cc1c(CN2CCC(Nc3ncnc4sc(CC(F)(F)F)cc34)CC2)ccc2c1cc(C#N)n2CCc1ccc(N)c(C#N)c1. The third-order valence-electron chi connectivity index (χ3n) is 8.52. The summed E-state index contributed by atoms with van der Waals surface area (Å²) < 4.78 is 40.8. The summed E-state index contributed by atoms with van der Waals surface area (Å²) in [6.07, 6.45) is -1.41. The number of nitrogens with one attached hydrogen (secondary N) is 1. The number of likely N-dealkylation sites (tertiary alicyclic amines) is 1. The number of nitriles is 2. The zero-order chi connectivity index (χ0) is 31.7. The number of nitrogen functional groups attached to an aromatic ring is 1. The molecule has 1 saturated heterocycles. The minimum absolute atomic E-state index is 0.159. The average Bonchev–Trinajstić information content (AvgIpc) is 3.59. The van der Waals surface area contributed by atoms with E-state index in [0.717, 1.165) is 65.8 Å². The summed E-state index contributed by atoms with van der Waals surface area (Å²) in [5, 5.41) is 24.4. The maximum atomic E-state index is 12.9. The Morgan fingerprint density at radius 2 is 1.84 bits per heavy atom. The molecular weight excluding hydrogens is 597 g/mol. The van der Waals surface area contributed by atoms with Gasteiger partial charge in [0.05, 0.1) is 17.4 Å². The number of halogens is 3. The summed E-state index contributed by atoms with van der Waals surface area (Å²) in [4.78, 5) is 11.7. The van der Waals surface area contributed by atoms with Crippen LogP contribution in [0.4, 0.5) is 24.7 Å². The van der Waals surface area contributed by atoms with Crippen molar-refractivity contribution in [2.45, 2.75) is 57.9 Å². The summed E-state index contributed by atoms with van der Waals surface area (Å²) in [5.74, 6) is 0.587. The molecule has 3 aromatic heterocycles. The van der Waals surface area contributed by atoms with Crippen LogP contribution >= 0.6 is 11.3 Å². The predicted octanol–water partition coefficient (Wildman–Crippen LogP) is 6.70. The first-order valence-electron chi connectivity index (χ1n) is 14.7. The monoisotopic (exact) mass is 628 g/mol. The molecule has 0 amide bonds. The zero-order valence-corrected chi connectivity index (χ0v) is 25.5. The summed E-state index contributed by atoms with van der Waals surface area (Å²) in [6.45, 7) is 5.22. The molecule has 0 radical (unpaired) electrons. The van der Waals surface area contributed by atoms with Crippen LogP contribution in [-0.4, -0.2) is 44.7 Å². The van der Waals surface area contributed by atoms with E-state index in [1.54, 1.807) is 18.2 Å². The number of thiophene rings is 1. The Bertz CT molecular complexity index is 1960. The fourth-order valence-electron chi connectivity index (χ4n) is 6.10. The highest BCUT2D eigenvalue weighted by molar-refractivity contribution is 7.18. The van der Waals surface area contributed by atoms with E-state index >= 15 is 0 Å². The highest BCUT2D eigenvalue weighted by atomic mass is 32.1. The molecule has 0 saturated carbocycles. The number of alkyl halides is 3. The van der Waals surface area contributed by atoms with Gasteiger partial charge in [-0.2, -0.15) is 23.7 Å². The normalized spacial score (nSPS) is 14.5. The first kappa shape index (κ1) is 30.4. The van der Waals surface area contributed by atoms with Crippen molar-refractivity contribution >= 4 is 44.0 Å². The topological polar surface area (TPSA) is 120 Å². The van der Waals surface area contributed by atoms with E-state index in [2.05, 4.69) is 51.4 Å². The second-order valence-corrected chi connectivity index (χ2v) is 12.6. The number of hydrogen-bond donors (Lipinski definition) is 2. The summed E-state index contributed by atoms with van der Waals surface area (Å²) >= 11 is 1.06. The molecule has 0 atom stereocenters. The molecule has 1 aliphatic heterocycles. The number of rotatable bonds is 8. The van der Waals surface area contributed by atoms with Crippen LogP contribution < -0.4 is 11.1 Å². The highest BCUT2D eigenvalue weighted by Gasteiger charge is 2.29. The molecule has 3 N–H and O–H groups in total. The molecule has 12 heteroatoms. The molecule has 0 aliphatic carbocycles. The lowest BCUT2D eigenvalue weighted by Crippen LogP contribution is -2.39. The van der Waals surface area contributed by atoms with E-state index in [-0.39, 0.29) is 10.9 Å². The smallest absolute Gasteiger partial charge is 0.393 e. The van der Waals surface area contributed by atoms with Gasteiger partial charge in [-0.25, -0.2) is 9.97 Å². The van der Waals surface area contributed by atoms with Crippen molar-refractivity contribution in [2.75, 3.05) is 24.1 Å². The van der Waals surface area contributed by atoms with Gasteiger partial charge in [0, 0.05) is 53.7 Å². The van der Waals surface area contributed by atoms with Crippen LogP contribution in [0.15, 0.2) is 48.8 Å². The van der Waals surface area contributed by atoms with Gasteiger partial charge in [-0.15, -0.1) is 11.3 Å². The number of aromatic nitrogens is 3. The van der Waals surface area contributed by atoms with Crippen LogP contribution in [0, 0.1) is 29.6 Å². The third kappa shape index (κ3) is 6.58. The first-order chi connectivity index (χ1) is 21.6. The number of nitrogens with two attached hydrogens (primary N) is 1. The van der Waals surface area contributed by atoms with E-state index in [1.807, 2.05) is 16.7 Å². The van der Waals surface area contributed by atoms with E-state index < -0.39 is 12.6 Å². The molecule has 1 fully saturated rings. The molecule has 230 valence electrons. The number of fused-ring (bicyclic) bond motifs is 2. The van der Waals surface area contributed by atoms with Gasteiger partial charge in [0.15, 0.2) is 0 Å². The Balaban J connectivity index is 1.11. The van der Waals surface area contributed by atoms with Gasteiger partial charge in [0.1, 0.15) is 34.8 Å². The molecule has 1 aliphatic rings. The largest absolute Gasteiger partial charge is 0.398 e. The summed E-state index contributed by atoms with van der Waals surface area (Å²) in [6, 6.07) is 17.8. The maximum Gasteiger partial charge on any atom is 0.393 e. The number of hydrogen-bond acceptors (Lipinski definition) is 8. The van der Waals surface area contributed by atoms with Crippen LogP contribution in [0.3, 0.4) is 0 Å². The average molecular weight is 629 g/mol. The van der Waals surface area contributed by atoms with Crippen LogP contribution in [0.25, 0.3) is 21.1 Å². The fraction of sp³-hybridized carbons (Fsp3) is 0.333. The van der Waals surface area contributed by atoms with Crippen molar-refractivity contribution in [2.24, 2.45) is 0 Å². The second-order valence-electron chi connectivity index (χ2n) is 11.5. The minimum Gasteiger partial charge on any atom is -0.398 e. The van der Waals surface area contributed by atoms with Crippen LogP contribution in [0.1, 0.15) is 45.7 Å². The molecule has 8 nitrogen and oxygen atoms in total. The first-order valence-corrected chi connectivity index (χ1v) is 15.5. The lowest BCUT2D eigenvalue weighted by Gasteiger charge is -2.33. The van der Waals surface area contributed by atoms with Gasteiger partial charge in [-0.05, 0) is 73.2 Å². The van der Waals surface area contributed by atoms with Gasteiger partial charge in [0.2, 0.25) is 0 Å². The molecule has 0 unspecified atom stereocenters. The molecular formula is C33H31F3N8S. The van der Waals surface area contributed by atoms with Crippen molar-refractivity contribution in [3.63, 3.8) is 0 Å². The fourth-order valence-corrected chi connectivity index (χ4v) is 7.12. The van der Waals surface area contributed by atoms with Crippen molar-refractivity contribution in [3.05, 3.63) is 81.6 Å². The Morgan fingerprint density at radius 1 is 1.04 bits per heavy atom. The number of nitrogens with zero attached hydrogens (tertiary/aromatic N) is 6. The molecule has 5 aromatic rings. The quantitative estimate of drug-likeness (QED) is 0.184. The number of aryl methyl sites for hydroxylation is 3. The maximum absolute atomic E-state index is 12.9. The molecule has 4 heterocycles. The number of benzene rings is 2. The molecule has 6 rings (SSSR count). The van der Waals surface area contributed by atoms with Crippen LogP contribution in [0.2, 0.25) is 0 Å². The third-order valence-corrected chi connectivity index (χ3v) is 9.56. The van der Waals surface area contributed by atoms with E-state index in [9.17, 15) is 23.7 Å². The highest BCUT2D eigenvalue weighted by Crippen LogP contribution is 2.33. The number of anilines is 2.